The molecule has 25 heavy (non-hydrogen) atoms. The summed E-state index contributed by atoms with van der Waals surface area (Å²) in [5.41, 5.74) is 1.48. The number of rotatable bonds is 3. The number of cyclic esters (lactones) is 1. The van der Waals surface area contributed by atoms with E-state index < -0.39 is 29.7 Å². The SMILES string of the molecule is O=C1OC(C(F)(F)F)=C[C@@H](c2ccccc2)[C@@H]1/C=C/c1ccccc1. The van der Waals surface area contributed by atoms with Gasteiger partial charge in [0.05, 0.1) is 5.92 Å². The summed E-state index contributed by atoms with van der Waals surface area (Å²) >= 11 is 0. The minimum atomic E-state index is -4.70. The molecule has 0 saturated heterocycles. The third-order valence-electron chi connectivity index (χ3n) is 3.96. The first-order valence-electron chi connectivity index (χ1n) is 7.74. The van der Waals surface area contributed by atoms with Gasteiger partial charge in [0.2, 0.25) is 5.76 Å². The molecule has 0 radical (unpaired) electrons. The minimum absolute atomic E-state index is 0.628. The molecule has 0 unspecified atom stereocenters. The van der Waals surface area contributed by atoms with Gasteiger partial charge in [-0.1, -0.05) is 72.8 Å². The molecule has 1 aliphatic rings. The molecule has 5 heteroatoms. The lowest BCUT2D eigenvalue weighted by Gasteiger charge is -2.28. The second-order valence-electron chi connectivity index (χ2n) is 5.68. The molecule has 2 nitrogen and oxygen atoms in total. The highest BCUT2D eigenvalue weighted by molar-refractivity contribution is 5.80. The average Bonchev–Trinajstić information content (AvgIpc) is 2.61. The zero-order valence-electron chi connectivity index (χ0n) is 13.1. The first-order chi connectivity index (χ1) is 11.9. The van der Waals surface area contributed by atoms with E-state index in [2.05, 4.69) is 4.74 Å². The average molecular weight is 344 g/mol. The fraction of sp³-hybridized carbons (Fsp3) is 0.150. The van der Waals surface area contributed by atoms with Crippen molar-refractivity contribution in [3.8, 4) is 0 Å². The van der Waals surface area contributed by atoms with E-state index >= 15 is 0 Å². The second-order valence-corrected chi connectivity index (χ2v) is 5.68. The first kappa shape index (κ1) is 17.0. The fourth-order valence-corrected chi connectivity index (χ4v) is 2.73. The van der Waals surface area contributed by atoms with Crippen molar-refractivity contribution in [3.63, 3.8) is 0 Å². The number of carbonyl (C=O) groups is 1. The van der Waals surface area contributed by atoms with Crippen LogP contribution in [0.4, 0.5) is 13.2 Å². The lowest BCUT2D eigenvalue weighted by molar-refractivity contribution is -0.166. The predicted octanol–water partition coefficient (Wildman–Crippen LogP) is 5.10. The zero-order valence-corrected chi connectivity index (χ0v) is 13.1. The van der Waals surface area contributed by atoms with Gasteiger partial charge in [-0.2, -0.15) is 13.2 Å². The second kappa shape index (κ2) is 6.97. The molecule has 0 bridgehead atoms. The van der Waals surface area contributed by atoms with Gasteiger partial charge >= 0.3 is 12.1 Å². The summed E-state index contributed by atoms with van der Waals surface area (Å²) in [6.45, 7) is 0. The standard InChI is InChI=1S/C20H15F3O2/c21-20(22,23)18-13-17(15-9-5-2-6-10-15)16(19(24)25-18)12-11-14-7-3-1-4-8-14/h1-13,16-17H/b12-11+/t16-,17-/m0/s1. The molecule has 0 spiro atoms. The maximum atomic E-state index is 13.0. The number of allylic oxidation sites excluding steroid dienone is 2. The molecular weight excluding hydrogens is 329 g/mol. The Balaban J connectivity index is 1.99. The molecule has 128 valence electrons. The summed E-state index contributed by atoms with van der Waals surface area (Å²) in [7, 11) is 0. The number of esters is 1. The van der Waals surface area contributed by atoms with E-state index in [-0.39, 0.29) is 0 Å². The van der Waals surface area contributed by atoms with Crippen molar-refractivity contribution in [2.45, 2.75) is 12.1 Å². The molecule has 0 N–H and O–H groups in total. The Morgan fingerprint density at radius 3 is 2.12 bits per heavy atom. The minimum Gasteiger partial charge on any atom is -0.421 e. The van der Waals surface area contributed by atoms with Crippen LogP contribution in [-0.2, 0) is 9.53 Å². The van der Waals surface area contributed by atoms with Gasteiger partial charge in [0, 0.05) is 5.92 Å². The van der Waals surface area contributed by atoms with E-state index in [1.807, 2.05) is 30.3 Å². The molecule has 0 amide bonds. The molecule has 1 aliphatic heterocycles. The van der Waals surface area contributed by atoms with Crippen LogP contribution in [0.15, 0.2) is 78.6 Å². The zero-order chi connectivity index (χ0) is 17.9. The smallest absolute Gasteiger partial charge is 0.421 e. The predicted molar refractivity (Wildman–Crippen MR) is 88.4 cm³/mol. The summed E-state index contributed by atoms with van der Waals surface area (Å²) < 4.78 is 43.6. The van der Waals surface area contributed by atoms with E-state index in [0.29, 0.717) is 5.56 Å². The van der Waals surface area contributed by atoms with Crippen molar-refractivity contribution in [2.24, 2.45) is 5.92 Å². The monoisotopic (exact) mass is 344 g/mol. The number of hydrogen-bond donors (Lipinski definition) is 0. The fourth-order valence-electron chi connectivity index (χ4n) is 2.73. The van der Waals surface area contributed by atoms with Crippen LogP contribution < -0.4 is 0 Å². The normalized spacial score (nSPS) is 21.1. The molecule has 1 heterocycles. The summed E-state index contributed by atoms with van der Waals surface area (Å²) in [5, 5.41) is 0. The van der Waals surface area contributed by atoms with Crippen LogP contribution in [0.3, 0.4) is 0 Å². The van der Waals surface area contributed by atoms with E-state index in [9.17, 15) is 18.0 Å². The molecule has 0 aliphatic carbocycles. The van der Waals surface area contributed by atoms with Crippen molar-refractivity contribution in [1.29, 1.82) is 0 Å². The number of hydrogen-bond acceptors (Lipinski definition) is 2. The molecule has 3 rings (SSSR count). The van der Waals surface area contributed by atoms with Gasteiger partial charge in [0.25, 0.3) is 0 Å². The van der Waals surface area contributed by atoms with Crippen LogP contribution in [0.2, 0.25) is 0 Å². The number of ether oxygens (including phenoxy) is 1. The third kappa shape index (κ3) is 3.99. The van der Waals surface area contributed by atoms with Crippen molar-refractivity contribution in [2.75, 3.05) is 0 Å². The van der Waals surface area contributed by atoms with Crippen molar-refractivity contribution in [1.82, 2.24) is 0 Å². The van der Waals surface area contributed by atoms with E-state index in [0.717, 1.165) is 11.6 Å². The summed E-state index contributed by atoms with van der Waals surface area (Å²) in [6.07, 6.45) is -0.402. The summed E-state index contributed by atoms with van der Waals surface area (Å²) in [6, 6.07) is 17.9. The maximum Gasteiger partial charge on any atom is 0.449 e. The molecule has 2 aromatic carbocycles. The van der Waals surface area contributed by atoms with Crippen molar-refractivity contribution < 1.29 is 22.7 Å². The Labute approximate surface area is 143 Å². The first-order valence-corrected chi connectivity index (χ1v) is 7.74. The van der Waals surface area contributed by atoms with Crippen LogP contribution in [0, 0.1) is 5.92 Å². The van der Waals surface area contributed by atoms with Gasteiger partial charge in [-0.05, 0) is 17.2 Å². The highest BCUT2D eigenvalue weighted by atomic mass is 19.4. The summed E-state index contributed by atoms with van der Waals surface area (Å²) in [4.78, 5) is 12.2. The summed E-state index contributed by atoms with van der Waals surface area (Å²) in [5.74, 6) is -3.72. The Hall–Kier alpha value is -2.82. The van der Waals surface area contributed by atoms with Gasteiger partial charge in [0.1, 0.15) is 0 Å². The van der Waals surface area contributed by atoms with Gasteiger partial charge in [-0.3, -0.25) is 4.79 Å². The lowest BCUT2D eigenvalue weighted by Crippen LogP contribution is -2.31. The van der Waals surface area contributed by atoms with Crippen LogP contribution in [0.5, 0.6) is 0 Å². The van der Waals surface area contributed by atoms with Crippen molar-refractivity contribution in [3.05, 3.63) is 89.7 Å². The Bertz CT molecular complexity index is 793. The van der Waals surface area contributed by atoms with E-state index in [1.54, 1.807) is 42.5 Å². The van der Waals surface area contributed by atoms with E-state index in [1.165, 1.54) is 0 Å². The molecule has 2 aromatic rings. The van der Waals surface area contributed by atoms with Crippen LogP contribution >= 0.6 is 0 Å². The van der Waals surface area contributed by atoms with Gasteiger partial charge in [-0.15, -0.1) is 0 Å². The number of benzene rings is 2. The van der Waals surface area contributed by atoms with Crippen LogP contribution in [0.1, 0.15) is 17.0 Å². The van der Waals surface area contributed by atoms with Crippen molar-refractivity contribution >= 4 is 12.0 Å². The number of halogens is 3. The molecule has 0 aromatic heterocycles. The van der Waals surface area contributed by atoms with Gasteiger partial charge < -0.3 is 4.74 Å². The van der Waals surface area contributed by atoms with E-state index in [4.69, 9.17) is 0 Å². The lowest BCUT2D eigenvalue weighted by atomic mass is 9.83. The van der Waals surface area contributed by atoms with Gasteiger partial charge in [0.15, 0.2) is 0 Å². The third-order valence-corrected chi connectivity index (χ3v) is 3.96. The van der Waals surface area contributed by atoms with Crippen LogP contribution in [-0.4, -0.2) is 12.1 Å². The highest BCUT2D eigenvalue weighted by Crippen LogP contribution is 2.39. The molecular formula is C20H15F3O2. The maximum absolute atomic E-state index is 13.0. The molecule has 0 saturated carbocycles. The Morgan fingerprint density at radius 1 is 0.920 bits per heavy atom. The largest absolute Gasteiger partial charge is 0.449 e. The topological polar surface area (TPSA) is 26.3 Å². The molecule has 2 atom stereocenters. The van der Waals surface area contributed by atoms with Crippen LogP contribution in [0.25, 0.3) is 6.08 Å². The number of alkyl halides is 3. The number of carbonyl (C=O) groups excluding carboxylic acids is 1. The Kier molecular flexibility index (Phi) is 4.74. The highest BCUT2D eigenvalue weighted by Gasteiger charge is 2.44. The van der Waals surface area contributed by atoms with Gasteiger partial charge in [-0.25, -0.2) is 0 Å². The molecule has 0 fully saturated rings. The Morgan fingerprint density at radius 2 is 1.52 bits per heavy atom. The quantitative estimate of drug-likeness (QED) is 0.724.